The summed E-state index contributed by atoms with van der Waals surface area (Å²) in [4.78, 5) is 22.3. The summed E-state index contributed by atoms with van der Waals surface area (Å²) in [6.45, 7) is 7.28. The number of aromatic nitrogens is 1. The van der Waals surface area contributed by atoms with E-state index < -0.39 is 0 Å². The van der Waals surface area contributed by atoms with E-state index in [1.165, 1.54) is 49.7 Å². The maximum absolute atomic E-state index is 13.0. The normalized spacial score (nSPS) is 28.7. The van der Waals surface area contributed by atoms with E-state index in [1.54, 1.807) is 0 Å². The van der Waals surface area contributed by atoms with E-state index in [9.17, 15) is 4.79 Å². The van der Waals surface area contributed by atoms with Crippen molar-refractivity contribution in [3.63, 3.8) is 0 Å². The van der Waals surface area contributed by atoms with Gasteiger partial charge >= 0.3 is 0 Å². The lowest BCUT2D eigenvalue weighted by Crippen LogP contribution is -2.50. The molecule has 216 valence electrons. The molecule has 1 aromatic heterocycles. The van der Waals surface area contributed by atoms with E-state index in [-0.39, 0.29) is 11.3 Å². The zero-order valence-corrected chi connectivity index (χ0v) is 24.8. The van der Waals surface area contributed by atoms with Gasteiger partial charge in [0.1, 0.15) is 0 Å². The van der Waals surface area contributed by atoms with Gasteiger partial charge in [0.15, 0.2) is 0 Å². The molecule has 42 heavy (non-hydrogen) atoms. The molecule has 4 bridgehead atoms. The minimum Gasteiger partial charge on any atom is -0.322 e. The monoisotopic (exact) mass is 558 g/mol. The van der Waals surface area contributed by atoms with Crippen LogP contribution >= 0.6 is 0 Å². The van der Waals surface area contributed by atoms with Crippen LogP contribution in [-0.2, 0) is 13.1 Å². The summed E-state index contributed by atoms with van der Waals surface area (Å²) in [5.41, 5.74) is 5.30. The molecular weight excluding hydrogens is 516 g/mol. The van der Waals surface area contributed by atoms with Crippen molar-refractivity contribution in [3.05, 3.63) is 95.3 Å². The third-order valence-electron chi connectivity index (χ3n) is 10.2. The molecule has 2 aromatic carbocycles. The number of pyridine rings is 1. The number of anilines is 1. The van der Waals surface area contributed by atoms with E-state index in [1.807, 2.05) is 54.9 Å². The maximum Gasteiger partial charge on any atom is 0.255 e. The molecule has 0 unspecified atom stereocenters. The van der Waals surface area contributed by atoms with Crippen molar-refractivity contribution in [2.75, 3.05) is 25.0 Å². The molecular formula is C37H42N4O. The van der Waals surface area contributed by atoms with Crippen molar-refractivity contribution in [1.82, 2.24) is 14.8 Å². The van der Waals surface area contributed by atoms with Crippen LogP contribution in [0.15, 0.2) is 73.1 Å². The van der Waals surface area contributed by atoms with E-state index in [2.05, 4.69) is 57.1 Å². The first-order valence-electron chi connectivity index (χ1n) is 15.9. The number of benzene rings is 2. The van der Waals surface area contributed by atoms with Gasteiger partial charge in [-0.1, -0.05) is 30.0 Å². The van der Waals surface area contributed by atoms with Crippen LogP contribution in [0.4, 0.5) is 5.69 Å². The third kappa shape index (κ3) is 6.16. The second-order valence-electron chi connectivity index (χ2n) is 13.6. The van der Waals surface area contributed by atoms with Crippen LogP contribution in [-0.4, -0.2) is 46.4 Å². The number of rotatable bonds is 6. The quantitative estimate of drug-likeness (QED) is 0.346. The summed E-state index contributed by atoms with van der Waals surface area (Å²) >= 11 is 0. The fraction of sp³-hybridized carbons (Fsp3) is 0.459. The summed E-state index contributed by atoms with van der Waals surface area (Å²) in [7, 11) is 0. The lowest BCUT2D eigenvalue weighted by Gasteiger charge is -2.54. The standard InChI is InChI=1S/C37H42N4O/c1-27-24-40(25-30-3-2-14-38-23-30)15-16-41(27)26-29-4-8-34(9-5-29)36(42)39-35-10-6-28(7-11-35)12-13-37-20-31-17-32(21-37)19-33(18-31)22-37/h2-11,14,23,27,31-33H,15-22,24-26H2,1H3,(H,39,42)/t27-,31?,32?,33?,37?/m0/s1. The van der Waals surface area contributed by atoms with Gasteiger partial charge in [-0.15, -0.1) is 0 Å². The highest BCUT2D eigenvalue weighted by atomic mass is 16.1. The van der Waals surface area contributed by atoms with Crippen LogP contribution in [0.3, 0.4) is 0 Å². The molecule has 3 aromatic rings. The van der Waals surface area contributed by atoms with Crippen LogP contribution < -0.4 is 5.32 Å². The lowest BCUT2D eigenvalue weighted by atomic mass is 9.50. The first-order chi connectivity index (χ1) is 20.5. The highest BCUT2D eigenvalue weighted by Gasteiger charge is 2.50. The zero-order chi connectivity index (χ0) is 28.5. The number of hydrogen-bond acceptors (Lipinski definition) is 4. The predicted octanol–water partition coefficient (Wildman–Crippen LogP) is 6.61. The molecule has 5 fully saturated rings. The average molecular weight is 559 g/mol. The SMILES string of the molecule is C[C@H]1CN(Cc2cccnc2)CCN1Cc1ccc(C(=O)Nc2ccc(C#CC34CC5CC(CC(C5)C3)C4)cc2)cc1. The Hall–Kier alpha value is -3.46. The predicted molar refractivity (Wildman–Crippen MR) is 168 cm³/mol. The fourth-order valence-corrected chi connectivity index (χ4v) is 8.50. The Kier molecular flexibility index (Phi) is 7.61. The Morgan fingerprint density at radius 2 is 1.62 bits per heavy atom. The molecule has 1 saturated heterocycles. The van der Waals surface area contributed by atoms with Gasteiger partial charge in [-0.05, 0) is 117 Å². The van der Waals surface area contributed by atoms with Crippen LogP contribution in [0.1, 0.15) is 72.5 Å². The molecule has 1 N–H and O–H groups in total. The van der Waals surface area contributed by atoms with Gasteiger partial charge in [0.25, 0.3) is 5.91 Å². The van der Waals surface area contributed by atoms with Gasteiger partial charge in [0, 0.05) is 73.4 Å². The third-order valence-corrected chi connectivity index (χ3v) is 10.2. The number of nitrogens with one attached hydrogen (secondary N) is 1. The Balaban J connectivity index is 0.906. The smallest absolute Gasteiger partial charge is 0.255 e. The van der Waals surface area contributed by atoms with Crippen molar-refractivity contribution in [2.45, 2.75) is 64.6 Å². The van der Waals surface area contributed by atoms with E-state index >= 15 is 0 Å². The molecule has 2 heterocycles. The van der Waals surface area contributed by atoms with Gasteiger partial charge in [0.2, 0.25) is 0 Å². The lowest BCUT2D eigenvalue weighted by molar-refractivity contribution is -0.0181. The van der Waals surface area contributed by atoms with E-state index in [0.717, 1.165) is 61.7 Å². The molecule has 1 atom stereocenters. The number of amides is 1. The summed E-state index contributed by atoms with van der Waals surface area (Å²) in [6.07, 6.45) is 12.1. The number of hydrogen-bond donors (Lipinski definition) is 1. The van der Waals surface area contributed by atoms with Gasteiger partial charge in [-0.25, -0.2) is 0 Å². The highest BCUT2D eigenvalue weighted by molar-refractivity contribution is 6.04. The fourth-order valence-electron chi connectivity index (χ4n) is 8.50. The Morgan fingerprint density at radius 3 is 2.26 bits per heavy atom. The van der Waals surface area contributed by atoms with Gasteiger partial charge in [-0.3, -0.25) is 19.6 Å². The summed E-state index contributed by atoms with van der Waals surface area (Å²) in [5, 5.41) is 3.06. The second-order valence-corrected chi connectivity index (χ2v) is 13.6. The Bertz CT molecular complexity index is 1420. The van der Waals surface area contributed by atoms with Crippen LogP contribution in [0.5, 0.6) is 0 Å². The minimum absolute atomic E-state index is 0.0775. The molecule has 0 radical (unpaired) electrons. The molecule has 5 aliphatic rings. The van der Waals surface area contributed by atoms with Crippen LogP contribution in [0.25, 0.3) is 0 Å². The largest absolute Gasteiger partial charge is 0.322 e. The van der Waals surface area contributed by atoms with Crippen LogP contribution in [0, 0.1) is 35.0 Å². The topological polar surface area (TPSA) is 48.5 Å². The molecule has 4 saturated carbocycles. The first-order valence-corrected chi connectivity index (χ1v) is 15.9. The van der Waals surface area contributed by atoms with Crippen molar-refractivity contribution in [1.29, 1.82) is 0 Å². The second kappa shape index (κ2) is 11.7. The average Bonchev–Trinajstić information content (AvgIpc) is 2.98. The molecule has 5 heteroatoms. The molecule has 8 rings (SSSR count). The zero-order valence-electron chi connectivity index (χ0n) is 24.8. The van der Waals surface area contributed by atoms with Crippen molar-refractivity contribution in [2.24, 2.45) is 23.2 Å². The van der Waals surface area contributed by atoms with E-state index in [4.69, 9.17) is 0 Å². The summed E-state index contributed by atoms with van der Waals surface area (Å²) < 4.78 is 0. The van der Waals surface area contributed by atoms with E-state index in [0.29, 0.717) is 11.6 Å². The molecule has 1 amide bonds. The summed E-state index contributed by atoms with van der Waals surface area (Å²) in [6, 6.07) is 20.7. The minimum atomic E-state index is -0.0775. The number of piperazine rings is 1. The molecule has 5 nitrogen and oxygen atoms in total. The number of carbonyl (C=O) groups excluding carboxylic acids is 1. The number of carbonyl (C=O) groups is 1. The highest BCUT2D eigenvalue weighted by Crippen LogP contribution is 2.59. The van der Waals surface area contributed by atoms with Gasteiger partial charge in [0.05, 0.1) is 0 Å². The first kappa shape index (κ1) is 27.4. The summed E-state index contributed by atoms with van der Waals surface area (Å²) in [5.74, 6) is 9.90. The molecule has 4 aliphatic carbocycles. The van der Waals surface area contributed by atoms with Crippen molar-refractivity contribution < 1.29 is 4.79 Å². The van der Waals surface area contributed by atoms with Gasteiger partial charge in [-0.2, -0.15) is 0 Å². The van der Waals surface area contributed by atoms with Gasteiger partial charge < -0.3 is 5.32 Å². The molecule has 0 spiro atoms. The van der Waals surface area contributed by atoms with Crippen molar-refractivity contribution >= 4 is 11.6 Å². The Morgan fingerprint density at radius 1 is 0.905 bits per heavy atom. The van der Waals surface area contributed by atoms with Crippen LogP contribution in [0.2, 0.25) is 0 Å². The Labute approximate surface area is 250 Å². The maximum atomic E-state index is 13.0. The number of nitrogens with zero attached hydrogens (tertiary/aromatic N) is 3. The van der Waals surface area contributed by atoms with Crippen molar-refractivity contribution in [3.8, 4) is 11.8 Å². The molecule has 1 aliphatic heterocycles.